The van der Waals surface area contributed by atoms with Crippen molar-refractivity contribution in [2.75, 3.05) is 13.2 Å². The van der Waals surface area contributed by atoms with Gasteiger partial charge in [0, 0.05) is 5.56 Å². The van der Waals surface area contributed by atoms with Crippen LogP contribution in [0, 0.1) is 17.6 Å². The molecule has 0 radical (unpaired) electrons. The van der Waals surface area contributed by atoms with Gasteiger partial charge in [0.25, 0.3) is 0 Å². The molecule has 7 heteroatoms. The van der Waals surface area contributed by atoms with E-state index in [0.29, 0.717) is 0 Å². The van der Waals surface area contributed by atoms with Gasteiger partial charge in [-0.2, -0.15) is 0 Å². The van der Waals surface area contributed by atoms with Crippen molar-refractivity contribution in [3.05, 3.63) is 35.4 Å². The Morgan fingerprint density at radius 2 is 2.10 bits per heavy atom. The zero-order chi connectivity index (χ0) is 14.7. The highest BCUT2D eigenvalue weighted by molar-refractivity contribution is 5.80. The van der Waals surface area contributed by atoms with Crippen LogP contribution in [0.25, 0.3) is 0 Å². The van der Waals surface area contributed by atoms with Crippen LogP contribution in [0.3, 0.4) is 0 Å². The molecule has 1 aliphatic rings. The molecular formula is C13H13F2NO4. The minimum atomic E-state index is -1.07. The summed E-state index contributed by atoms with van der Waals surface area (Å²) in [5, 5.41) is 11.4. The van der Waals surface area contributed by atoms with Crippen molar-refractivity contribution < 1.29 is 28.2 Å². The van der Waals surface area contributed by atoms with Crippen LogP contribution in [-0.2, 0) is 20.7 Å². The number of ether oxygens (including phenoxy) is 1. The summed E-state index contributed by atoms with van der Waals surface area (Å²) in [5.41, 5.74) is -0.0757. The van der Waals surface area contributed by atoms with Crippen LogP contribution in [0.15, 0.2) is 18.2 Å². The van der Waals surface area contributed by atoms with Gasteiger partial charge in [0.1, 0.15) is 5.92 Å². The summed E-state index contributed by atoms with van der Waals surface area (Å²) in [6, 6.07) is 2.91. The van der Waals surface area contributed by atoms with Crippen LogP contribution in [-0.4, -0.2) is 36.2 Å². The minimum Gasteiger partial charge on any atom is -0.481 e. The first-order chi connectivity index (χ1) is 9.49. The maximum atomic E-state index is 13.4. The zero-order valence-corrected chi connectivity index (χ0v) is 10.4. The summed E-state index contributed by atoms with van der Waals surface area (Å²) in [6.07, 6.45) is -0.355. The standard InChI is InChI=1S/C13H13F2NO4/c14-9-3-1-2-7(12(9)15)4-11(17)16-10-6-20-5-8(10)13(18)19/h1-3,8,10H,4-6H2,(H,16,17)(H,18,19). The number of carboxylic acids is 1. The number of carbonyl (C=O) groups is 2. The van der Waals surface area contributed by atoms with Gasteiger partial charge in [-0.05, 0) is 6.07 Å². The van der Waals surface area contributed by atoms with Gasteiger partial charge >= 0.3 is 5.97 Å². The fourth-order valence-corrected chi connectivity index (χ4v) is 2.06. The summed E-state index contributed by atoms with van der Waals surface area (Å²) < 4.78 is 31.4. The first kappa shape index (κ1) is 14.4. The van der Waals surface area contributed by atoms with Crippen molar-refractivity contribution in [2.45, 2.75) is 12.5 Å². The topological polar surface area (TPSA) is 75.6 Å². The van der Waals surface area contributed by atoms with E-state index in [0.717, 1.165) is 6.07 Å². The van der Waals surface area contributed by atoms with Gasteiger partial charge in [-0.25, -0.2) is 8.78 Å². The van der Waals surface area contributed by atoms with Crippen molar-refractivity contribution in [1.29, 1.82) is 0 Å². The molecule has 0 bridgehead atoms. The van der Waals surface area contributed by atoms with Crippen molar-refractivity contribution in [1.82, 2.24) is 5.32 Å². The van der Waals surface area contributed by atoms with E-state index in [9.17, 15) is 18.4 Å². The summed E-state index contributed by atoms with van der Waals surface area (Å²) in [5.74, 6) is -4.56. The van der Waals surface area contributed by atoms with E-state index in [4.69, 9.17) is 9.84 Å². The van der Waals surface area contributed by atoms with Crippen LogP contribution in [0.4, 0.5) is 8.78 Å². The monoisotopic (exact) mass is 285 g/mol. The van der Waals surface area contributed by atoms with Gasteiger partial charge in [-0.3, -0.25) is 9.59 Å². The molecule has 1 aromatic rings. The lowest BCUT2D eigenvalue weighted by Crippen LogP contribution is -2.43. The number of aliphatic carboxylic acids is 1. The molecule has 5 nitrogen and oxygen atoms in total. The summed E-state index contributed by atoms with van der Waals surface area (Å²) in [7, 11) is 0. The third-order valence-electron chi connectivity index (χ3n) is 3.13. The molecule has 108 valence electrons. The first-order valence-corrected chi connectivity index (χ1v) is 6.02. The maximum Gasteiger partial charge on any atom is 0.311 e. The Morgan fingerprint density at radius 3 is 2.80 bits per heavy atom. The molecular weight excluding hydrogens is 272 g/mol. The number of amides is 1. The summed E-state index contributed by atoms with van der Waals surface area (Å²) in [4.78, 5) is 22.7. The lowest BCUT2D eigenvalue weighted by molar-refractivity contribution is -0.142. The Kier molecular flexibility index (Phi) is 4.29. The number of carbonyl (C=O) groups excluding carboxylic acids is 1. The molecule has 1 amide bonds. The molecule has 1 fully saturated rings. The van der Waals surface area contributed by atoms with Gasteiger partial charge in [-0.15, -0.1) is 0 Å². The number of halogens is 2. The van der Waals surface area contributed by atoms with E-state index in [1.165, 1.54) is 12.1 Å². The molecule has 0 aromatic heterocycles. The number of carboxylic acid groups (broad SMARTS) is 1. The second kappa shape index (κ2) is 5.96. The second-order valence-corrected chi connectivity index (χ2v) is 4.55. The highest BCUT2D eigenvalue weighted by Gasteiger charge is 2.35. The third kappa shape index (κ3) is 3.11. The van der Waals surface area contributed by atoms with E-state index < -0.39 is 35.5 Å². The zero-order valence-electron chi connectivity index (χ0n) is 10.4. The van der Waals surface area contributed by atoms with Gasteiger partial charge in [0.15, 0.2) is 11.6 Å². The quantitative estimate of drug-likeness (QED) is 0.855. The molecule has 1 saturated heterocycles. The smallest absolute Gasteiger partial charge is 0.311 e. The molecule has 20 heavy (non-hydrogen) atoms. The Bertz CT molecular complexity index is 535. The van der Waals surface area contributed by atoms with E-state index in [1.807, 2.05) is 0 Å². The molecule has 1 aliphatic heterocycles. The minimum absolute atomic E-state index is 0.0224. The summed E-state index contributed by atoms with van der Waals surface area (Å²) >= 11 is 0. The van der Waals surface area contributed by atoms with E-state index in [1.54, 1.807) is 0 Å². The Balaban J connectivity index is 1.99. The molecule has 0 spiro atoms. The van der Waals surface area contributed by atoms with Crippen molar-refractivity contribution in [2.24, 2.45) is 5.92 Å². The molecule has 2 atom stereocenters. The maximum absolute atomic E-state index is 13.4. The van der Waals surface area contributed by atoms with Crippen LogP contribution in [0.1, 0.15) is 5.56 Å². The fourth-order valence-electron chi connectivity index (χ4n) is 2.06. The molecule has 0 aliphatic carbocycles. The number of hydrogen-bond donors (Lipinski definition) is 2. The fraction of sp³-hybridized carbons (Fsp3) is 0.385. The van der Waals surface area contributed by atoms with E-state index >= 15 is 0 Å². The Hall–Kier alpha value is -2.02. The Morgan fingerprint density at radius 1 is 1.35 bits per heavy atom. The largest absolute Gasteiger partial charge is 0.481 e. The lowest BCUT2D eigenvalue weighted by atomic mass is 10.0. The first-order valence-electron chi connectivity index (χ1n) is 6.02. The van der Waals surface area contributed by atoms with Crippen LogP contribution in [0.5, 0.6) is 0 Å². The molecule has 0 saturated carbocycles. The normalized spacial score (nSPS) is 21.7. The van der Waals surface area contributed by atoms with Crippen molar-refractivity contribution in [3.8, 4) is 0 Å². The second-order valence-electron chi connectivity index (χ2n) is 4.55. The van der Waals surface area contributed by atoms with Gasteiger partial charge in [0.05, 0.1) is 25.7 Å². The Labute approximate surface area is 113 Å². The van der Waals surface area contributed by atoms with Crippen LogP contribution >= 0.6 is 0 Å². The third-order valence-corrected chi connectivity index (χ3v) is 3.13. The summed E-state index contributed by atoms with van der Waals surface area (Å²) in [6.45, 7) is 0.114. The number of rotatable bonds is 4. The van der Waals surface area contributed by atoms with Gasteiger partial charge in [0.2, 0.25) is 5.91 Å². The van der Waals surface area contributed by atoms with Crippen molar-refractivity contribution in [3.63, 3.8) is 0 Å². The number of hydrogen-bond acceptors (Lipinski definition) is 3. The van der Waals surface area contributed by atoms with Crippen molar-refractivity contribution >= 4 is 11.9 Å². The van der Waals surface area contributed by atoms with E-state index in [-0.39, 0.29) is 25.2 Å². The van der Waals surface area contributed by atoms with Gasteiger partial charge < -0.3 is 15.2 Å². The van der Waals surface area contributed by atoms with Crippen LogP contribution < -0.4 is 5.32 Å². The molecule has 2 unspecified atom stereocenters. The highest BCUT2D eigenvalue weighted by Crippen LogP contribution is 2.15. The highest BCUT2D eigenvalue weighted by atomic mass is 19.2. The molecule has 1 heterocycles. The molecule has 2 rings (SSSR count). The van der Waals surface area contributed by atoms with Gasteiger partial charge in [-0.1, -0.05) is 12.1 Å². The SMILES string of the molecule is O=C(Cc1cccc(F)c1F)NC1COCC1C(=O)O. The van der Waals surface area contributed by atoms with Crippen LogP contribution in [0.2, 0.25) is 0 Å². The van der Waals surface area contributed by atoms with E-state index in [2.05, 4.69) is 5.32 Å². The average molecular weight is 285 g/mol. The number of nitrogens with one attached hydrogen (secondary N) is 1. The predicted molar refractivity (Wildman–Crippen MR) is 63.9 cm³/mol. The lowest BCUT2D eigenvalue weighted by Gasteiger charge is -2.15. The average Bonchev–Trinajstić information content (AvgIpc) is 2.83. The predicted octanol–water partition coefficient (Wildman–Crippen LogP) is 0.723. The molecule has 1 aromatic carbocycles. The molecule has 2 N–H and O–H groups in total. The number of benzene rings is 1.